The van der Waals surface area contributed by atoms with Gasteiger partial charge in [-0.15, -0.1) is 0 Å². The maximum absolute atomic E-state index is 12.4. The average molecular weight is 210 g/mol. The van der Waals surface area contributed by atoms with Gasteiger partial charge in [0.1, 0.15) is 0 Å². The zero-order chi connectivity index (χ0) is 10.9. The van der Waals surface area contributed by atoms with E-state index in [1.165, 1.54) is 6.42 Å². The Hall–Kier alpha value is -0.570. The molecule has 1 atom stereocenters. The number of likely N-dealkylation sites (tertiary alicyclic amines) is 1. The van der Waals surface area contributed by atoms with Gasteiger partial charge in [-0.2, -0.15) is 0 Å². The summed E-state index contributed by atoms with van der Waals surface area (Å²) < 4.78 is 0. The van der Waals surface area contributed by atoms with Gasteiger partial charge in [-0.1, -0.05) is 19.8 Å². The van der Waals surface area contributed by atoms with Crippen molar-refractivity contribution in [1.29, 1.82) is 0 Å². The summed E-state index contributed by atoms with van der Waals surface area (Å²) in [5, 5.41) is 0. The molecular weight excluding hydrogens is 188 g/mol. The van der Waals surface area contributed by atoms with Gasteiger partial charge < -0.3 is 10.6 Å². The van der Waals surface area contributed by atoms with Crippen LogP contribution in [-0.2, 0) is 4.79 Å². The van der Waals surface area contributed by atoms with E-state index in [-0.39, 0.29) is 11.5 Å². The standard InChI is InChI=1S/C12H22N2O/c1-2-5-12(6-3-7-12)11(15)14-8-4-10(13)9-14/h10H,2-9,13H2,1H3/t10-/m1/s1. The molecular formula is C12H22N2O. The molecule has 1 aliphatic carbocycles. The highest BCUT2D eigenvalue weighted by Gasteiger charge is 2.46. The van der Waals surface area contributed by atoms with Crippen LogP contribution in [0.5, 0.6) is 0 Å². The summed E-state index contributed by atoms with van der Waals surface area (Å²) in [6.07, 6.45) is 6.60. The molecule has 15 heavy (non-hydrogen) atoms. The number of hydrogen-bond acceptors (Lipinski definition) is 2. The molecule has 1 aliphatic heterocycles. The molecule has 1 amide bonds. The first kappa shape index (κ1) is 10.9. The van der Waals surface area contributed by atoms with Crippen molar-refractivity contribution < 1.29 is 4.79 Å². The molecule has 0 radical (unpaired) electrons. The van der Waals surface area contributed by atoms with E-state index in [9.17, 15) is 4.79 Å². The van der Waals surface area contributed by atoms with E-state index in [0.717, 1.165) is 45.2 Å². The Labute approximate surface area is 92.0 Å². The van der Waals surface area contributed by atoms with E-state index in [2.05, 4.69) is 6.92 Å². The zero-order valence-electron chi connectivity index (χ0n) is 9.67. The molecule has 3 heteroatoms. The molecule has 86 valence electrons. The molecule has 0 aromatic carbocycles. The lowest BCUT2D eigenvalue weighted by atomic mass is 9.65. The minimum atomic E-state index is 0.0127. The molecule has 2 aliphatic rings. The lowest BCUT2D eigenvalue weighted by Gasteiger charge is -2.42. The Morgan fingerprint density at radius 1 is 1.53 bits per heavy atom. The van der Waals surface area contributed by atoms with Crippen LogP contribution in [-0.4, -0.2) is 29.9 Å². The quantitative estimate of drug-likeness (QED) is 0.767. The second kappa shape index (κ2) is 4.12. The zero-order valence-corrected chi connectivity index (χ0v) is 9.67. The van der Waals surface area contributed by atoms with Crippen LogP contribution in [0.2, 0.25) is 0 Å². The third-order valence-corrected chi connectivity index (χ3v) is 4.00. The maximum atomic E-state index is 12.4. The van der Waals surface area contributed by atoms with Crippen molar-refractivity contribution in [2.24, 2.45) is 11.1 Å². The van der Waals surface area contributed by atoms with Crippen LogP contribution in [0.15, 0.2) is 0 Å². The average Bonchev–Trinajstić information content (AvgIpc) is 2.57. The normalized spacial score (nSPS) is 28.9. The second-order valence-electron chi connectivity index (χ2n) is 5.18. The molecule has 1 saturated heterocycles. The summed E-state index contributed by atoms with van der Waals surface area (Å²) in [4.78, 5) is 14.4. The molecule has 0 aromatic rings. The molecule has 0 aromatic heterocycles. The van der Waals surface area contributed by atoms with E-state index in [1.54, 1.807) is 0 Å². The Morgan fingerprint density at radius 3 is 2.67 bits per heavy atom. The van der Waals surface area contributed by atoms with E-state index in [1.807, 2.05) is 4.90 Å². The van der Waals surface area contributed by atoms with Gasteiger partial charge in [0.15, 0.2) is 0 Å². The maximum Gasteiger partial charge on any atom is 0.228 e. The summed E-state index contributed by atoms with van der Waals surface area (Å²) in [5.41, 5.74) is 5.86. The third-order valence-electron chi connectivity index (χ3n) is 4.00. The van der Waals surface area contributed by atoms with Crippen LogP contribution < -0.4 is 5.73 Å². The lowest BCUT2D eigenvalue weighted by molar-refractivity contribution is -0.147. The van der Waals surface area contributed by atoms with Crippen LogP contribution in [0.4, 0.5) is 0 Å². The fourth-order valence-electron chi connectivity index (χ4n) is 2.96. The number of hydrogen-bond donors (Lipinski definition) is 1. The van der Waals surface area contributed by atoms with Gasteiger partial charge in [0.2, 0.25) is 5.91 Å². The third kappa shape index (κ3) is 1.89. The number of amides is 1. The van der Waals surface area contributed by atoms with Gasteiger partial charge in [-0.3, -0.25) is 4.79 Å². The monoisotopic (exact) mass is 210 g/mol. The fourth-order valence-corrected chi connectivity index (χ4v) is 2.96. The number of rotatable bonds is 3. The van der Waals surface area contributed by atoms with Crippen molar-refractivity contribution in [2.75, 3.05) is 13.1 Å². The Balaban J connectivity index is 1.99. The van der Waals surface area contributed by atoms with Crippen LogP contribution in [0.3, 0.4) is 0 Å². The lowest BCUT2D eigenvalue weighted by Crippen LogP contribution is -2.47. The molecule has 0 unspecified atom stereocenters. The SMILES string of the molecule is CCCC1(C(=O)N2CC[C@@H](N)C2)CCC1. The highest BCUT2D eigenvalue weighted by atomic mass is 16.2. The molecule has 3 nitrogen and oxygen atoms in total. The highest BCUT2D eigenvalue weighted by Crippen LogP contribution is 2.46. The number of carbonyl (C=O) groups excluding carboxylic acids is 1. The minimum Gasteiger partial charge on any atom is -0.341 e. The smallest absolute Gasteiger partial charge is 0.228 e. The Kier molecular flexibility index (Phi) is 3.01. The molecule has 1 saturated carbocycles. The van der Waals surface area contributed by atoms with Gasteiger partial charge in [0.05, 0.1) is 0 Å². The van der Waals surface area contributed by atoms with E-state index >= 15 is 0 Å². The van der Waals surface area contributed by atoms with E-state index < -0.39 is 0 Å². The van der Waals surface area contributed by atoms with Crippen LogP contribution in [0, 0.1) is 5.41 Å². The van der Waals surface area contributed by atoms with Crippen molar-refractivity contribution in [3.63, 3.8) is 0 Å². The topological polar surface area (TPSA) is 46.3 Å². The van der Waals surface area contributed by atoms with Crippen LogP contribution >= 0.6 is 0 Å². The minimum absolute atomic E-state index is 0.0127. The van der Waals surface area contributed by atoms with Crippen molar-refractivity contribution >= 4 is 5.91 Å². The largest absolute Gasteiger partial charge is 0.341 e. The Bertz CT molecular complexity index is 248. The van der Waals surface area contributed by atoms with Gasteiger partial charge in [0.25, 0.3) is 0 Å². The summed E-state index contributed by atoms with van der Waals surface area (Å²) >= 11 is 0. The first-order chi connectivity index (χ1) is 7.18. The second-order valence-corrected chi connectivity index (χ2v) is 5.18. The van der Waals surface area contributed by atoms with Gasteiger partial charge in [-0.25, -0.2) is 0 Å². The number of carbonyl (C=O) groups is 1. The highest BCUT2D eigenvalue weighted by molar-refractivity contribution is 5.83. The summed E-state index contributed by atoms with van der Waals surface area (Å²) in [6.45, 7) is 3.83. The van der Waals surface area contributed by atoms with Gasteiger partial charge >= 0.3 is 0 Å². The molecule has 0 bridgehead atoms. The molecule has 0 spiro atoms. The van der Waals surface area contributed by atoms with Gasteiger partial charge in [-0.05, 0) is 25.7 Å². The summed E-state index contributed by atoms with van der Waals surface area (Å²) in [5.74, 6) is 0.392. The van der Waals surface area contributed by atoms with E-state index in [0.29, 0.717) is 5.91 Å². The summed E-state index contributed by atoms with van der Waals surface area (Å²) in [6, 6.07) is 0.215. The fraction of sp³-hybridized carbons (Fsp3) is 0.917. The molecule has 2 N–H and O–H groups in total. The summed E-state index contributed by atoms with van der Waals surface area (Å²) in [7, 11) is 0. The predicted molar refractivity (Wildman–Crippen MR) is 60.4 cm³/mol. The van der Waals surface area contributed by atoms with Gasteiger partial charge in [0, 0.05) is 24.5 Å². The van der Waals surface area contributed by atoms with E-state index in [4.69, 9.17) is 5.73 Å². The molecule has 2 rings (SSSR count). The van der Waals surface area contributed by atoms with Crippen molar-refractivity contribution in [2.45, 2.75) is 51.5 Å². The first-order valence-corrected chi connectivity index (χ1v) is 6.23. The Morgan fingerprint density at radius 2 is 2.27 bits per heavy atom. The van der Waals surface area contributed by atoms with Crippen LogP contribution in [0.1, 0.15) is 45.4 Å². The van der Waals surface area contributed by atoms with Crippen molar-refractivity contribution in [3.05, 3.63) is 0 Å². The first-order valence-electron chi connectivity index (χ1n) is 6.23. The number of nitrogens with two attached hydrogens (primary N) is 1. The van der Waals surface area contributed by atoms with Crippen LogP contribution in [0.25, 0.3) is 0 Å². The molecule has 1 heterocycles. The number of nitrogens with zero attached hydrogens (tertiary/aromatic N) is 1. The van der Waals surface area contributed by atoms with Crippen molar-refractivity contribution in [3.8, 4) is 0 Å². The van der Waals surface area contributed by atoms with Crippen molar-refractivity contribution in [1.82, 2.24) is 4.90 Å². The molecule has 2 fully saturated rings. The predicted octanol–water partition coefficient (Wildman–Crippen LogP) is 1.52.